The summed E-state index contributed by atoms with van der Waals surface area (Å²) in [5.74, 6) is -0.404. The monoisotopic (exact) mass is 232 g/mol. The molecule has 0 aliphatic carbocycles. The second kappa shape index (κ2) is 4.92. The Morgan fingerprint density at radius 3 is 2.73 bits per heavy atom. The minimum Gasteiger partial charge on any atom is -0.387 e. The molecule has 0 aliphatic heterocycles. The summed E-state index contributed by atoms with van der Waals surface area (Å²) < 4.78 is 18.2. The van der Waals surface area contributed by atoms with Crippen molar-refractivity contribution in [3.05, 3.63) is 34.6 Å². The van der Waals surface area contributed by atoms with Gasteiger partial charge < -0.3 is 9.84 Å². The average molecular weight is 233 g/mol. The molecule has 0 fully saturated rings. The first-order valence-corrected chi connectivity index (χ1v) is 4.98. The molecule has 1 aromatic rings. The lowest BCUT2D eigenvalue weighted by Crippen LogP contribution is -2.33. The van der Waals surface area contributed by atoms with Crippen LogP contribution in [0, 0.1) is 5.82 Å². The summed E-state index contributed by atoms with van der Waals surface area (Å²) in [6.07, 6.45) is 0.198. The third kappa shape index (κ3) is 3.78. The lowest BCUT2D eigenvalue weighted by Gasteiger charge is -2.22. The number of methoxy groups -OCH3 is 1. The number of halogens is 2. The van der Waals surface area contributed by atoms with Gasteiger partial charge in [0.05, 0.1) is 12.2 Å². The van der Waals surface area contributed by atoms with Crippen LogP contribution >= 0.6 is 11.6 Å². The number of ether oxygens (including phenoxy) is 1. The maximum Gasteiger partial charge on any atom is 0.127 e. The van der Waals surface area contributed by atoms with Crippen LogP contribution in [0.25, 0.3) is 0 Å². The van der Waals surface area contributed by atoms with Gasteiger partial charge in [0.2, 0.25) is 0 Å². The van der Waals surface area contributed by atoms with Gasteiger partial charge in [-0.15, -0.1) is 0 Å². The molecule has 0 amide bonds. The number of hydrogen-bond donors (Lipinski definition) is 1. The molecule has 1 atom stereocenters. The first-order chi connectivity index (χ1) is 6.94. The van der Waals surface area contributed by atoms with E-state index in [0.717, 1.165) is 0 Å². The molecule has 1 rings (SSSR count). The van der Waals surface area contributed by atoms with Gasteiger partial charge in [0, 0.05) is 18.6 Å². The highest BCUT2D eigenvalue weighted by atomic mass is 35.5. The molecule has 0 spiro atoms. The maximum absolute atomic E-state index is 13.4. The van der Waals surface area contributed by atoms with Crippen molar-refractivity contribution in [2.45, 2.75) is 18.9 Å². The lowest BCUT2D eigenvalue weighted by molar-refractivity contribution is -0.0166. The van der Waals surface area contributed by atoms with Crippen molar-refractivity contribution < 1.29 is 14.2 Å². The van der Waals surface area contributed by atoms with E-state index in [1.807, 2.05) is 0 Å². The largest absolute Gasteiger partial charge is 0.387 e. The molecular formula is C11H14ClFO2. The van der Waals surface area contributed by atoms with Crippen molar-refractivity contribution in [2.75, 3.05) is 13.7 Å². The second-order valence-corrected chi connectivity index (χ2v) is 4.28. The minimum atomic E-state index is -1.07. The van der Waals surface area contributed by atoms with E-state index < -0.39 is 11.4 Å². The fourth-order valence-corrected chi connectivity index (χ4v) is 1.60. The molecule has 0 saturated carbocycles. The smallest absolute Gasteiger partial charge is 0.127 e. The van der Waals surface area contributed by atoms with Gasteiger partial charge in [0.25, 0.3) is 0 Å². The molecule has 0 bridgehead atoms. The first kappa shape index (κ1) is 12.4. The summed E-state index contributed by atoms with van der Waals surface area (Å²) >= 11 is 5.62. The summed E-state index contributed by atoms with van der Waals surface area (Å²) in [7, 11) is 1.49. The Kier molecular flexibility index (Phi) is 4.08. The van der Waals surface area contributed by atoms with Gasteiger partial charge in [-0.2, -0.15) is 0 Å². The molecule has 0 saturated heterocycles. The van der Waals surface area contributed by atoms with E-state index in [4.69, 9.17) is 16.3 Å². The lowest BCUT2D eigenvalue weighted by atomic mass is 9.97. The van der Waals surface area contributed by atoms with Gasteiger partial charge >= 0.3 is 0 Å². The predicted molar refractivity (Wildman–Crippen MR) is 57.6 cm³/mol. The van der Waals surface area contributed by atoms with Crippen LogP contribution in [-0.4, -0.2) is 24.4 Å². The fraction of sp³-hybridized carbons (Fsp3) is 0.455. The number of aliphatic hydroxyl groups is 1. The van der Waals surface area contributed by atoms with Crippen LogP contribution in [0.1, 0.15) is 12.5 Å². The predicted octanol–water partition coefficient (Wildman–Crippen LogP) is 2.42. The van der Waals surface area contributed by atoms with E-state index in [1.54, 1.807) is 19.1 Å². The zero-order valence-corrected chi connectivity index (χ0v) is 9.51. The molecular weight excluding hydrogens is 219 g/mol. The number of rotatable bonds is 4. The van der Waals surface area contributed by atoms with E-state index >= 15 is 0 Å². The van der Waals surface area contributed by atoms with E-state index in [9.17, 15) is 9.50 Å². The Morgan fingerprint density at radius 2 is 2.20 bits per heavy atom. The van der Waals surface area contributed by atoms with E-state index in [0.29, 0.717) is 10.6 Å². The molecule has 1 aromatic carbocycles. The topological polar surface area (TPSA) is 29.5 Å². The van der Waals surface area contributed by atoms with Gasteiger partial charge in [-0.05, 0) is 24.6 Å². The quantitative estimate of drug-likeness (QED) is 0.864. The van der Waals surface area contributed by atoms with Crippen molar-refractivity contribution in [2.24, 2.45) is 0 Å². The number of hydrogen-bond acceptors (Lipinski definition) is 2. The Bertz CT molecular complexity index is 339. The van der Waals surface area contributed by atoms with Crippen LogP contribution in [0.3, 0.4) is 0 Å². The van der Waals surface area contributed by atoms with Gasteiger partial charge in [0.15, 0.2) is 0 Å². The molecule has 15 heavy (non-hydrogen) atoms. The van der Waals surface area contributed by atoms with Crippen molar-refractivity contribution in [3.8, 4) is 0 Å². The maximum atomic E-state index is 13.4. The van der Waals surface area contributed by atoms with Crippen LogP contribution in [0.4, 0.5) is 4.39 Å². The third-order valence-electron chi connectivity index (χ3n) is 2.04. The first-order valence-electron chi connectivity index (χ1n) is 4.60. The average Bonchev–Trinajstić information content (AvgIpc) is 2.09. The highest BCUT2D eigenvalue weighted by Gasteiger charge is 2.22. The van der Waals surface area contributed by atoms with Crippen molar-refractivity contribution in [3.63, 3.8) is 0 Å². The molecule has 1 unspecified atom stereocenters. The molecule has 1 N–H and O–H groups in total. The third-order valence-corrected chi connectivity index (χ3v) is 2.28. The molecule has 0 aliphatic rings. The summed E-state index contributed by atoms with van der Waals surface area (Å²) in [5, 5.41) is 10.2. The summed E-state index contributed by atoms with van der Waals surface area (Å²) in [6.45, 7) is 1.76. The normalized spacial score (nSPS) is 15.0. The molecule has 4 heteroatoms. The molecule has 2 nitrogen and oxygen atoms in total. The SMILES string of the molecule is COCC(C)(O)Cc1ccc(Cl)cc1F. The summed E-state index contributed by atoms with van der Waals surface area (Å²) in [5.41, 5.74) is -0.634. The molecule has 0 heterocycles. The Morgan fingerprint density at radius 1 is 1.53 bits per heavy atom. The van der Waals surface area contributed by atoms with Gasteiger partial charge in [-0.1, -0.05) is 17.7 Å². The van der Waals surface area contributed by atoms with Crippen LogP contribution < -0.4 is 0 Å². The Hall–Kier alpha value is -0.640. The molecule has 0 radical (unpaired) electrons. The van der Waals surface area contributed by atoms with Crippen LogP contribution in [0.15, 0.2) is 18.2 Å². The summed E-state index contributed by atoms with van der Waals surface area (Å²) in [6, 6.07) is 4.41. The zero-order valence-electron chi connectivity index (χ0n) is 8.76. The minimum absolute atomic E-state index is 0.162. The number of benzene rings is 1. The van der Waals surface area contributed by atoms with Gasteiger partial charge in [0.1, 0.15) is 5.82 Å². The van der Waals surface area contributed by atoms with E-state index in [2.05, 4.69) is 0 Å². The second-order valence-electron chi connectivity index (χ2n) is 3.84. The highest BCUT2D eigenvalue weighted by Crippen LogP contribution is 2.19. The Balaban J connectivity index is 2.80. The Labute approximate surface area is 93.6 Å². The zero-order chi connectivity index (χ0) is 11.5. The molecule has 84 valence electrons. The van der Waals surface area contributed by atoms with E-state index in [1.165, 1.54) is 13.2 Å². The van der Waals surface area contributed by atoms with Gasteiger partial charge in [-0.3, -0.25) is 0 Å². The van der Waals surface area contributed by atoms with Crippen LogP contribution in [0.2, 0.25) is 5.02 Å². The van der Waals surface area contributed by atoms with E-state index in [-0.39, 0.29) is 13.0 Å². The van der Waals surface area contributed by atoms with Crippen LogP contribution in [0.5, 0.6) is 0 Å². The van der Waals surface area contributed by atoms with Crippen molar-refractivity contribution in [1.29, 1.82) is 0 Å². The standard InChI is InChI=1S/C11H14ClFO2/c1-11(14,7-15-2)6-8-3-4-9(12)5-10(8)13/h3-5,14H,6-7H2,1-2H3. The van der Waals surface area contributed by atoms with Crippen LogP contribution in [-0.2, 0) is 11.2 Å². The van der Waals surface area contributed by atoms with Crippen molar-refractivity contribution >= 4 is 11.6 Å². The summed E-state index contributed by atoms with van der Waals surface area (Å²) in [4.78, 5) is 0. The van der Waals surface area contributed by atoms with Crippen molar-refractivity contribution in [1.82, 2.24) is 0 Å². The van der Waals surface area contributed by atoms with Gasteiger partial charge in [-0.25, -0.2) is 4.39 Å². The highest BCUT2D eigenvalue weighted by molar-refractivity contribution is 6.30. The molecule has 0 aromatic heterocycles. The fourth-order valence-electron chi connectivity index (χ4n) is 1.44.